The van der Waals surface area contributed by atoms with Crippen molar-refractivity contribution < 1.29 is 40.1 Å². The second-order valence-corrected chi connectivity index (χ2v) is 9.81. The van der Waals surface area contributed by atoms with Crippen LogP contribution in [0.25, 0.3) is 0 Å². The summed E-state index contributed by atoms with van der Waals surface area (Å²) in [5.74, 6) is -1.57. The first-order chi connectivity index (χ1) is 18.2. The predicted molar refractivity (Wildman–Crippen MR) is 138 cm³/mol. The van der Waals surface area contributed by atoms with Gasteiger partial charge in [-0.05, 0) is 58.7 Å². The average molecular weight is 515 g/mol. The van der Waals surface area contributed by atoms with Crippen molar-refractivity contribution in [3.8, 4) is 46.0 Å². The summed E-state index contributed by atoms with van der Waals surface area (Å²) >= 11 is 0. The molecule has 0 aromatic heterocycles. The minimum absolute atomic E-state index is 0.0304. The minimum atomic E-state index is -0.464. The van der Waals surface area contributed by atoms with Gasteiger partial charge in [0.25, 0.3) is 0 Å². The van der Waals surface area contributed by atoms with Crippen LogP contribution in [0.1, 0.15) is 57.1 Å². The van der Waals surface area contributed by atoms with Crippen molar-refractivity contribution in [1.82, 2.24) is 0 Å². The van der Waals surface area contributed by atoms with E-state index >= 15 is 0 Å². The highest BCUT2D eigenvalue weighted by molar-refractivity contribution is 5.69. The van der Waals surface area contributed by atoms with E-state index in [-0.39, 0.29) is 57.8 Å². The fourth-order valence-corrected chi connectivity index (χ4v) is 6.56. The molecule has 0 bridgehead atoms. The Bertz CT molecular complexity index is 1480. The van der Waals surface area contributed by atoms with Crippen LogP contribution in [-0.4, -0.2) is 44.9 Å². The van der Waals surface area contributed by atoms with Gasteiger partial charge < -0.3 is 40.1 Å². The van der Waals surface area contributed by atoms with Gasteiger partial charge in [0, 0.05) is 46.9 Å². The molecule has 4 aromatic rings. The quantitative estimate of drug-likeness (QED) is 0.221. The number of benzene rings is 4. The zero-order valence-corrected chi connectivity index (χ0v) is 20.6. The topological polar surface area (TPSA) is 140 Å². The Morgan fingerprint density at radius 1 is 0.500 bits per heavy atom. The number of ether oxygens (including phenoxy) is 2. The summed E-state index contributed by atoms with van der Waals surface area (Å²) in [5, 5.41) is 63.7. The van der Waals surface area contributed by atoms with Gasteiger partial charge >= 0.3 is 0 Å². The van der Waals surface area contributed by atoms with Crippen LogP contribution in [-0.2, 0) is 0 Å². The first-order valence-corrected chi connectivity index (χ1v) is 12.1. The van der Waals surface area contributed by atoms with Crippen LogP contribution >= 0.6 is 0 Å². The number of aromatic hydroxyl groups is 6. The van der Waals surface area contributed by atoms with Crippen LogP contribution in [0.2, 0.25) is 0 Å². The third-order valence-corrected chi connectivity index (χ3v) is 7.92. The molecule has 0 spiro atoms. The second kappa shape index (κ2) is 8.41. The molecule has 0 saturated heterocycles. The molecular formula is C30H26O8. The van der Waals surface area contributed by atoms with E-state index in [0.717, 1.165) is 11.1 Å². The van der Waals surface area contributed by atoms with E-state index in [1.54, 1.807) is 36.4 Å². The predicted octanol–water partition coefficient (Wildman–Crippen LogP) is 5.10. The molecule has 6 rings (SSSR count). The summed E-state index contributed by atoms with van der Waals surface area (Å²) in [6.45, 7) is 0. The molecule has 0 fully saturated rings. The average Bonchev–Trinajstić information content (AvgIpc) is 3.38. The van der Waals surface area contributed by atoms with Crippen LogP contribution in [0.3, 0.4) is 0 Å². The SMILES string of the molecule is COc1cc(C2c3c(O)cc(O)cc3C3C(c4ccc(O)c(OC)c4)c4c(O)cc(O)cc4C23)ccc1O. The van der Waals surface area contributed by atoms with E-state index < -0.39 is 11.8 Å². The van der Waals surface area contributed by atoms with Crippen molar-refractivity contribution in [3.63, 3.8) is 0 Å². The van der Waals surface area contributed by atoms with E-state index in [1.165, 1.54) is 38.5 Å². The lowest BCUT2D eigenvalue weighted by atomic mass is 9.79. The lowest BCUT2D eigenvalue weighted by Gasteiger charge is -2.24. The lowest BCUT2D eigenvalue weighted by Crippen LogP contribution is -2.10. The molecule has 0 aliphatic heterocycles. The van der Waals surface area contributed by atoms with Gasteiger partial charge in [-0.3, -0.25) is 0 Å². The van der Waals surface area contributed by atoms with E-state index in [0.29, 0.717) is 22.3 Å². The Labute approximate surface area is 218 Å². The Morgan fingerprint density at radius 3 is 1.26 bits per heavy atom. The summed E-state index contributed by atoms with van der Waals surface area (Å²) in [5.41, 5.74) is 4.08. The van der Waals surface area contributed by atoms with Gasteiger partial charge in [-0.1, -0.05) is 12.1 Å². The van der Waals surface area contributed by atoms with Crippen molar-refractivity contribution in [2.24, 2.45) is 0 Å². The van der Waals surface area contributed by atoms with Gasteiger partial charge in [0.15, 0.2) is 23.0 Å². The number of phenolic OH excluding ortho intramolecular Hbond substituents is 6. The number of fused-ring (bicyclic) bond motifs is 5. The Hall–Kier alpha value is -4.72. The second-order valence-electron chi connectivity index (χ2n) is 9.81. The fourth-order valence-electron chi connectivity index (χ4n) is 6.56. The molecular weight excluding hydrogens is 488 g/mol. The number of hydrogen-bond acceptors (Lipinski definition) is 8. The van der Waals surface area contributed by atoms with Crippen LogP contribution < -0.4 is 9.47 Å². The van der Waals surface area contributed by atoms with Gasteiger partial charge in [0.05, 0.1) is 14.2 Å². The molecule has 38 heavy (non-hydrogen) atoms. The maximum absolute atomic E-state index is 11.1. The molecule has 194 valence electrons. The first-order valence-electron chi connectivity index (χ1n) is 12.1. The van der Waals surface area contributed by atoms with Gasteiger partial charge in [-0.25, -0.2) is 0 Å². The van der Waals surface area contributed by atoms with Gasteiger partial charge in [-0.2, -0.15) is 0 Å². The third-order valence-electron chi connectivity index (χ3n) is 7.92. The number of phenols is 6. The van der Waals surface area contributed by atoms with E-state index in [2.05, 4.69) is 0 Å². The van der Waals surface area contributed by atoms with Crippen LogP contribution in [0.4, 0.5) is 0 Å². The minimum Gasteiger partial charge on any atom is -0.508 e. The van der Waals surface area contributed by atoms with Crippen molar-refractivity contribution in [2.45, 2.75) is 23.7 Å². The van der Waals surface area contributed by atoms with E-state index in [4.69, 9.17) is 9.47 Å². The van der Waals surface area contributed by atoms with Gasteiger partial charge in [0.2, 0.25) is 0 Å². The van der Waals surface area contributed by atoms with Crippen molar-refractivity contribution in [2.75, 3.05) is 14.2 Å². The highest BCUT2D eigenvalue weighted by Crippen LogP contribution is 2.69. The number of methoxy groups -OCH3 is 2. The molecule has 4 aromatic carbocycles. The smallest absolute Gasteiger partial charge is 0.160 e. The lowest BCUT2D eigenvalue weighted by molar-refractivity contribution is 0.372. The van der Waals surface area contributed by atoms with Crippen molar-refractivity contribution in [3.05, 3.63) is 94.0 Å². The summed E-state index contributed by atoms with van der Waals surface area (Å²) in [6.07, 6.45) is 0. The Kier molecular flexibility index (Phi) is 5.24. The van der Waals surface area contributed by atoms with Gasteiger partial charge in [0.1, 0.15) is 23.0 Å². The summed E-state index contributed by atoms with van der Waals surface area (Å²) in [4.78, 5) is 0. The van der Waals surface area contributed by atoms with E-state index in [1.807, 2.05) is 0 Å². The zero-order chi connectivity index (χ0) is 26.9. The van der Waals surface area contributed by atoms with Gasteiger partial charge in [-0.15, -0.1) is 0 Å². The maximum atomic E-state index is 11.1. The van der Waals surface area contributed by atoms with Crippen molar-refractivity contribution in [1.29, 1.82) is 0 Å². The largest absolute Gasteiger partial charge is 0.508 e. The van der Waals surface area contributed by atoms with Crippen LogP contribution in [0.15, 0.2) is 60.7 Å². The molecule has 6 N–H and O–H groups in total. The molecule has 0 saturated carbocycles. The normalized spacial score (nSPS) is 21.0. The molecule has 4 atom stereocenters. The fraction of sp³-hybridized carbons (Fsp3) is 0.200. The highest BCUT2D eigenvalue weighted by atomic mass is 16.5. The monoisotopic (exact) mass is 514 g/mol. The van der Waals surface area contributed by atoms with E-state index in [9.17, 15) is 30.6 Å². The Balaban J connectivity index is 1.67. The zero-order valence-electron chi connectivity index (χ0n) is 20.6. The number of rotatable bonds is 4. The highest BCUT2D eigenvalue weighted by Gasteiger charge is 2.54. The maximum Gasteiger partial charge on any atom is 0.160 e. The molecule has 4 unspecified atom stereocenters. The first kappa shape index (κ1) is 23.7. The molecule has 0 amide bonds. The molecule has 2 aliphatic carbocycles. The number of hydrogen-bond donors (Lipinski definition) is 6. The summed E-state index contributed by atoms with van der Waals surface area (Å²) in [6, 6.07) is 15.8. The van der Waals surface area contributed by atoms with Crippen LogP contribution in [0.5, 0.6) is 46.0 Å². The Morgan fingerprint density at radius 2 is 0.895 bits per heavy atom. The van der Waals surface area contributed by atoms with Crippen LogP contribution in [0, 0.1) is 0 Å². The van der Waals surface area contributed by atoms with Crippen molar-refractivity contribution >= 4 is 0 Å². The summed E-state index contributed by atoms with van der Waals surface area (Å²) < 4.78 is 10.7. The molecule has 2 aliphatic rings. The molecule has 0 radical (unpaired) electrons. The summed E-state index contributed by atoms with van der Waals surface area (Å²) in [7, 11) is 2.91. The standard InChI is InChI=1S/C30H26O8/c1-37-23-7-13(3-5-19(23)33)25-27-17(9-15(31)11-21(27)35)30-26(14-4-6-20(34)24(8-14)38-2)28-18(29(25)30)10-16(32)12-22(28)36/h3-12,25-26,29-36H,1-2H3. The third kappa shape index (κ3) is 3.30. The molecule has 0 heterocycles. The molecule has 8 nitrogen and oxygen atoms in total. The molecule has 8 heteroatoms.